The molecule has 2 heterocycles. The normalized spacial score (nSPS) is 11.8. The van der Waals surface area contributed by atoms with Crippen LogP contribution in [0.4, 0.5) is 10.2 Å². The third kappa shape index (κ3) is 4.99. The Bertz CT molecular complexity index is 1070. The molecule has 1 aromatic carbocycles. The summed E-state index contributed by atoms with van der Waals surface area (Å²) in [5, 5.41) is 8.66. The number of amidine groups is 1. The van der Waals surface area contributed by atoms with Crippen molar-refractivity contribution in [3.8, 4) is 0 Å². The van der Waals surface area contributed by atoms with Crippen LogP contribution in [-0.2, 0) is 0 Å². The lowest BCUT2D eigenvalue weighted by Gasteiger charge is -2.06. The number of hydrogen-bond acceptors (Lipinski definition) is 6. The maximum Gasteiger partial charge on any atom is 0.195 e. The first-order valence-corrected chi connectivity index (χ1v) is 9.16. The maximum absolute atomic E-state index is 14.4. The minimum absolute atomic E-state index is 0.198. The van der Waals surface area contributed by atoms with Crippen LogP contribution in [0.5, 0.6) is 0 Å². The van der Waals surface area contributed by atoms with Gasteiger partial charge < -0.3 is 11.1 Å². The predicted molar refractivity (Wildman–Crippen MR) is 107 cm³/mol. The Hall–Kier alpha value is -2.58. The minimum atomic E-state index is -0.412. The molecule has 0 aliphatic rings. The number of aryl methyl sites for hydroxylation is 1. The summed E-state index contributed by atoms with van der Waals surface area (Å²) in [6, 6.07) is 8.33. The van der Waals surface area contributed by atoms with Gasteiger partial charge in [-0.3, -0.25) is 4.98 Å². The second-order valence-corrected chi connectivity index (χ2v) is 7.35. The number of benzene rings is 1. The smallest absolute Gasteiger partial charge is 0.195 e. The van der Waals surface area contributed by atoms with E-state index in [1.165, 1.54) is 12.1 Å². The van der Waals surface area contributed by atoms with Crippen molar-refractivity contribution in [1.29, 1.82) is 5.41 Å². The van der Waals surface area contributed by atoms with Crippen LogP contribution in [-0.4, -0.2) is 26.5 Å². The van der Waals surface area contributed by atoms with Crippen molar-refractivity contribution in [2.24, 2.45) is 10.7 Å². The fourth-order valence-electron chi connectivity index (χ4n) is 2.37. The summed E-state index contributed by atoms with van der Waals surface area (Å²) in [6.07, 6.45) is 0.242. The standard InChI is InChI=1S/C18H16ClFN6S/c1-9(21)5-15(22)25-16-8-14(19)24-18(26-16)27-12-6-11-4-3-10(2)23-17(11)13(20)7-12/h3-4,6-8,21H,5H2,1-2H3,(H2,22,24,25,26). The van der Waals surface area contributed by atoms with E-state index in [1.54, 1.807) is 6.92 Å². The molecule has 27 heavy (non-hydrogen) atoms. The van der Waals surface area contributed by atoms with Crippen LogP contribution in [0.3, 0.4) is 0 Å². The highest BCUT2D eigenvalue weighted by atomic mass is 35.5. The van der Waals surface area contributed by atoms with Gasteiger partial charge in [0.25, 0.3) is 0 Å². The molecule has 0 aliphatic carbocycles. The van der Waals surface area contributed by atoms with Crippen molar-refractivity contribution in [2.75, 3.05) is 0 Å². The average molecular weight is 403 g/mol. The topological polar surface area (TPSA) is 101 Å². The number of aliphatic imine (C=N–C) groups is 1. The number of aromatic nitrogens is 3. The molecule has 6 nitrogen and oxygen atoms in total. The molecule has 2 aromatic heterocycles. The molecule has 0 atom stereocenters. The number of hydrogen-bond donors (Lipinski definition) is 2. The Balaban J connectivity index is 1.92. The van der Waals surface area contributed by atoms with E-state index < -0.39 is 5.82 Å². The second-order valence-electron chi connectivity index (χ2n) is 5.92. The van der Waals surface area contributed by atoms with E-state index in [-0.39, 0.29) is 23.2 Å². The van der Waals surface area contributed by atoms with E-state index in [1.807, 2.05) is 25.1 Å². The number of fused-ring (bicyclic) bond motifs is 1. The van der Waals surface area contributed by atoms with E-state index in [4.69, 9.17) is 22.7 Å². The molecule has 0 saturated carbocycles. The molecule has 0 spiro atoms. The molecule has 0 amide bonds. The van der Waals surface area contributed by atoms with Crippen molar-refractivity contribution >= 4 is 51.6 Å². The third-order valence-electron chi connectivity index (χ3n) is 3.43. The summed E-state index contributed by atoms with van der Waals surface area (Å²) in [7, 11) is 0. The fraction of sp³-hybridized carbons (Fsp3) is 0.167. The first-order chi connectivity index (χ1) is 12.8. The summed E-state index contributed by atoms with van der Waals surface area (Å²) in [4.78, 5) is 17.4. The van der Waals surface area contributed by atoms with Crippen LogP contribution in [0, 0.1) is 18.2 Å². The molecular weight excluding hydrogens is 387 g/mol. The summed E-state index contributed by atoms with van der Waals surface area (Å²) >= 11 is 7.21. The molecule has 0 unspecified atom stereocenters. The molecule has 0 fully saturated rings. The Kier molecular flexibility index (Phi) is 5.67. The van der Waals surface area contributed by atoms with Crippen LogP contribution in [0.15, 0.2) is 45.4 Å². The Morgan fingerprint density at radius 2 is 2.04 bits per heavy atom. The Labute approximate surface area is 164 Å². The molecule has 0 bridgehead atoms. The zero-order valence-electron chi connectivity index (χ0n) is 14.6. The lowest BCUT2D eigenvalue weighted by Crippen LogP contribution is -2.14. The van der Waals surface area contributed by atoms with Gasteiger partial charge in [0.15, 0.2) is 16.8 Å². The number of rotatable bonds is 5. The van der Waals surface area contributed by atoms with E-state index in [2.05, 4.69) is 19.9 Å². The van der Waals surface area contributed by atoms with E-state index in [9.17, 15) is 4.39 Å². The molecule has 0 aliphatic heterocycles. The molecule has 0 radical (unpaired) electrons. The van der Waals surface area contributed by atoms with Crippen LogP contribution >= 0.6 is 23.4 Å². The first-order valence-electron chi connectivity index (χ1n) is 7.96. The van der Waals surface area contributed by atoms with Gasteiger partial charge in [-0.2, -0.15) is 0 Å². The van der Waals surface area contributed by atoms with E-state index in [0.717, 1.165) is 17.5 Å². The highest BCUT2D eigenvalue weighted by Gasteiger charge is 2.10. The number of nitrogens with two attached hydrogens (primary N) is 1. The third-order valence-corrected chi connectivity index (χ3v) is 4.46. The van der Waals surface area contributed by atoms with Gasteiger partial charge in [-0.15, -0.1) is 0 Å². The highest BCUT2D eigenvalue weighted by Crippen LogP contribution is 2.31. The molecule has 3 aromatic rings. The van der Waals surface area contributed by atoms with Crippen molar-refractivity contribution in [3.63, 3.8) is 0 Å². The molecule has 3 rings (SSSR count). The lowest BCUT2D eigenvalue weighted by molar-refractivity contribution is 0.633. The summed E-state index contributed by atoms with van der Waals surface area (Å²) in [6.45, 7) is 3.45. The van der Waals surface area contributed by atoms with Gasteiger partial charge in [-0.05, 0) is 43.8 Å². The summed E-state index contributed by atoms with van der Waals surface area (Å²) in [5.74, 6) is 0.130. The van der Waals surface area contributed by atoms with Gasteiger partial charge in [0.05, 0.1) is 0 Å². The van der Waals surface area contributed by atoms with Crippen molar-refractivity contribution < 1.29 is 4.39 Å². The van der Waals surface area contributed by atoms with E-state index in [0.29, 0.717) is 26.7 Å². The SMILES string of the molecule is CC(=N)CC(N)=Nc1cc(Cl)nc(Sc2cc(F)c3nc(C)ccc3c2)n1. The number of nitrogens with one attached hydrogen (secondary N) is 1. The summed E-state index contributed by atoms with van der Waals surface area (Å²) in [5.41, 5.74) is 7.26. The van der Waals surface area contributed by atoms with Crippen LogP contribution in [0.2, 0.25) is 5.15 Å². The molecule has 9 heteroatoms. The largest absolute Gasteiger partial charge is 0.387 e. The molecule has 0 saturated heterocycles. The van der Waals surface area contributed by atoms with Gasteiger partial charge in [-0.25, -0.2) is 19.4 Å². The zero-order chi connectivity index (χ0) is 19.6. The lowest BCUT2D eigenvalue weighted by atomic mass is 10.2. The maximum atomic E-state index is 14.4. The number of halogens is 2. The minimum Gasteiger partial charge on any atom is -0.387 e. The molecule has 138 valence electrons. The van der Waals surface area contributed by atoms with Crippen LogP contribution in [0.25, 0.3) is 10.9 Å². The Morgan fingerprint density at radius 1 is 1.26 bits per heavy atom. The number of pyridine rings is 1. The first kappa shape index (κ1) is 19.2. The Morgan fingerprint density at radius 3 is 2.78 bits per heavy atom. The fourth-order valence-corrected chi connectivity index (χ4v) is 3.44. The quantitative estimate of drug-likeness (QED) is 0.279. The predicted octanol–water partition coefficient (Wildman–Crippen LogP) is 4.70. The van der Waals surface area contributed by atoms with Crippen LogP contribution < -0.4 is 5.73 Å². The monoisotopic (exact) mass is 402 g/mol. The highest BCUT2D eigenvalue weighted by molar-refractivity contribution is 7.99. The van der Waals surface area contributed by atoms with Gasteiger partial charge >= 0.3 is 0 Å². The second kappa shape index (κ2) is 7.98. The zero-order valence-corrected chi connectivity index (χ0v) is 16.2. The molecule has 3 N–H and O–H groups in total. The van der Waals surface area contributed by atoms with E-state index >= 15 is 0 Å². The van der Waals surface area contributed by atoms with Gasteiger partial charge in [0.1, 0.15) is 16.5 Å². The van der Waals surface area contributed by atoms with Crippen molar-refractivity contribution in [3.05, 3.63) is 47.0 Å². The number of nitrogens with zero attached hydrogens (tertiary/aromatic N) is 4. The average Bonchev–Trinajstić information content (AvgIpc) is 2.54. The van der Waals surface area contributed by atoms with Crippen molar-refractivity contribution in [2.45, 2.75) is 30.3 Å². The van der Waals surface area contributed by atoms with Gasteiger partial charge in [-0.1, -0.05) is 17.7 Å². The van der Waals surface area contributed by atoms with Gasteiger partial charge in [0.2, 0.25) is 0 Å². The molecular formula is C18H16ClFN6S. The summed E-state index contributed by atoms with van der Waals surface area (Å²) < 4.78 is 14.4. The van der Waals surface area contributed by atoms with Crippen molar-refractivity contribution in [1.82, 2.24) is 15.0 Å². The van der Waals surface area contributed by atoms with Gasteiger partial charge in [0, 0.05) is 34.2 Å². The van der Waals surface area contributed by atoms with Crippen LogP contribution in [0.1, 0.15) is 19.0 Å².